The second-order valence-electron chi connectivity index (χ2n) is 6.04. The lowest BCUT2D eigenvalue weighted by molar-refractivity contribution is -0.124. The Labute approximate surface area is 126 Å². The molecule has 1 N–H and O–H groups in total. The molecule has 2 aliphatic rings. The summed E-state index contributed by atoms with van der Waals surface area (Å²) < 4.78 is 5.45. The van der Waals surface area contributed by atoms with Gasteiger partial charge in [-0.15, -0.1) is 0 Å². The van der Waals surface area contributed by atoms with Gasteiger partial charge in [-0.05, 0) is 56.7 Å². The van der Waals surface area contributed by atoms with Crippen LogP contribution in [0.25, 0.3) is 0 Å². The second-order valence-corrected chi connectivity index (χ2v) is 6.04. The predicted octanol–water partition coefficient (Wildman–Crippen LogP) is 3.10. The summed E-state index contributed by atoms with van der Waals surface area (Å²) >= 11 is 0. The zero-order valence-electron chi connectivity index (χ0n) is 12.7. The summed E-state index contributed by atoms with van der Waals surface area (Å²) in [5.74, 6) is -0.00797. The molecule has 0 saturated carbocycles. The maximum atomic E-state index is 12.2. The zero-order chi connectivity index (χ0) is 14.7. The van der Waals surface area contributed by atoms with E-state index in [0.29, 0.717) is 6.61 Å². The summed E-state index contributed by atoms with van der Waals surface area (Å²) in [5, 5.41) is 3.04. The van der Waals surface area contributed by atoms with E-state index < -0.39 is 0 Å². The molecule has 1 unspecified atom stereocenters. The quantitative estimate of drug-likeness (QED) is 0.929. The van der Waals surface area contributed by atoms with Crippen molar-refractivity contribution in [3.8, 4) is 0 Å². The number of nitrogens with zero attached hydrogens (tertiary/aromatic N) is 1. The van der Waals surface area contributed by atoms with Crippen LogP contribution in [0.5, 0.6) is 0 Å². The Hall–Kier alpha value is -1.55. The molecule has 1 amide bonds. The maximum absolute atomic E-state index is 12.2. The maximum Gasteiger partial charge on any atom is 0.253 e. The molecule has 2 heterocycles. The van der Waals surface area contributed by atoms with Crippen LogP contribution in [-0.4, -0.2) is 31.7 Å². The van der Waals surface area contributed by atoms with Crippen LogP contribution >= 0.6 is 0 Å². The van der Waals surface area contributed by atoms with E-state index in [0.717, 1.165) is 37.2 Å². The summed E-state index contributed by atoms with van der Waals surface area (Å²) in [6.45, 7) is 4.96. The highest BCUT2D eigenvalue weighted by Crippen LogP contribution is 2.26. The Balaban J connectivity index is 1.72. The van der Waals surface area contributed by atoms with Crippen LogP contribution in [0.1, 0.15) is 37.7 Å². The first-order valence-electron chi connectivity index (χ1n) is 8.02. The molecule has 2 saturated heterocycles. The molecule has 1 aromatic carbocycles. The number of rotatable bonds is 3. The van der Waals surface area contributed by atoms with Crippen molar-refractivity contribution in [1.82, 2.24) is 0 Å². The molecule has 1 atom stereocenters. The molecule has 2 fully saturated rings. The number of piperidine rings is 1. The van der Waals surface area contributed by atoms with Gasteiger partial charge in [0.15, 0.2) is 0 Å². The number of anilines is 2. The highest BCUT2D eigenvalue weighted by molar-refractivity contribution is 5.95. The number of aryl methyl sites for hydroxylation is 1. The Bertz CT molecular complexity index is 504. The largest absolute Gasteiger partial charge is 0.371 e. The molecule has 0 bridgehead atoms. The van der Waals surface area contributed by atoms with Gasteiger partial charge in [0.05, 0.1) is 0 Å². The average molecular weight is 288 g/mol. The van der Waals surface area contributed by atoms with Gasteiger partial charge < -0.3 is 15.0 Å². The van der Waals surface area contributed by atoms with E-state index in [-0.39, 0.29) is 12.0 Å². The van der Waals surface area contributed by atoms with Gasteiger partial charge in [-0.25, -0.2) is 0 Å². The fourth-order valence-corrected chi connectivity index (χ4v) is 3.09. The highest BCUT2D eigenvalue weighted by atomic mass is 16.5. The molecule has 4 nitrogen and oxygen atoms in total. The SMILES string of the molecule is Cc1ccc(N2CCCCC2)cc1NC(=O)C1CCCO1. The lowest BCUT2D eigenvalue weighted by Gasteiger charge is -2.29. The van der Waals surface area contributed by atoms with Gasteiger partial charge in [-0.2, -0.15) is 0 Å². The van der Waals surface area contributed by atoms with Crippen LogP contribution in [-0.2, 0) is 9.53 Å². The molecule has 3 rings (SSSR count). The third-order valence-corrected chi connectivity index (χ3v) is 4.42. The van der Waals surface area contributed by atoms with E-state index in [1.165, 1.54) is 24.9 Å². The summed E-state index contributed by atoms with van der Waals surface area (Å²) in [5.41, 5.74) is 3.23. The Morgan fingerprint density at radius 2 is 2.05 bits per heavy atom. The smallest absolute Gasteiger partial charge is 0.253 e. The van der Waals surface area contributed by atoms with Crippen molar-refractivity contribution in [2.24, 2.45) is 0 Å². The Kier molecular flexibility index (Phi) is 4.44. The van der Waals surface area contributed by atoms with Crippen molar-refractivity contribution in [3.63, 3.8) is 0 Å². The van der Waals surface area contributed by atoms with Crippen molar-refractivity contribution >= 4 is 17.3 Å². The number of carbonyl (C=O) groups is 1. The lowest BCUT2D eigenvalue weighted by Crippen LogP contribution is -2.30. The standard InChI is InChI=1S/C17H24N2O2/c1-13-7-8-14(19-9-3-2-4-10-19)12-15(13)18-17(20)16-6-5-11-21-16/h7-8,12,16H,2-6,9-11H2,1H3,(H,18,20). The monoisotopic (exact) mass is 288 g/mol. The molecular weight excluding hydrogens is 264 g/mol. The first-order valence-corrected chi connectivity index (χ1v) is 8.02. The van der Waals surface area contributed by atoms with Gasteiger partial charge in [0.1, 0.15) is 6.10 Å². The number of carbonyl (C=O) groups excluding carboxylic acids is 1. The van der Waals surface area contributed by atoms with Crippen LogP contribution < -0.4 is 10.2 Å². The fourth-order valence-electron chi connectivity index (χ4n) is 3.09. The molecule has 0 aromatic heterocycles. The molecule has 21 heavy (non-hydrogen) atoms. The van der Waals surface area contributed by atoms with Gasteiger partial charge in [-0.1, -0.05) is 6.07 Å². The number of benzene rings is 1. The lowest BCUT2D eigenvalue weighted by atomic mass is 10.1. The van der Waals surface area contributed by atoms with E-state index >= 15 is 0 Å². The second kappa shape index (κ2) is 6.48. The molecule has 4 heteroatoms. The highest BCUT2D eigenvalue weighted by Gasteiger charge is 2.24. The van der Waals surface area contributed by atoms with Gasteiger partial charge in [-0.3, -0.25) is 4.79 Å². The van der Waals surface area contributed by atoms with E-state index in [9.17, 15) is 4.79 Å². The third kappa shape index (κ3) is 3.38. The van der Waals surface area contributed by atoms with Gasteiger partial charge >= 0.3 is 0 Å². The van der Waals surface area contributed by atoms with Crippen molar-refractivity contribution < 1.29 is 9.53 Å². The number of hydrogen-bond acceptors (Lipinski definition) is 3. The van der Waals surface area contributed by atoms with E-state index in [4.69, 9.17) is 4.74 Å². The molecule has 2 aliphatic heterocycles. The topological polar surface area (TPSA) is 41.6 Å². The minimum absolute atomic E-state index is 0.00797. The number of ether oxygens (including phenoxy) is 1. The third-order valence-electron chi connectivity index (χ3n) is 4.42. The van der Waals surface area contributed by atoms with Gasteiger partial charge in [0, 0.05) is 31.1 Å². The minimum atomic E-state index is -0.275. The fraction of sp³-hybridized carbons (Fsp3) is 0.588. The van der Waals surface area contributed by atoms with E-state index in [1.807, 2.05) is 6.92 Å². The zero-order valence-corrected chi connectivity index (χ0v) is 12.7. The van der Waals surface area contributed by atoms with Crippen molar-refractivity contribution in [2.75, 3.05) is 29.9 Å². The summed E-state index contributed by atoms with van der Waals surface area (Å²) in [7, 11) is 0. The number of hydrogen-bond donors (Lipinski definition) is 1. The Morgan fingerprint density at radius 3 is 2.76 bits per heavy atom. The number of nitrogens with one attached hydrogen (secondary N) is 1. The molecule has 1 aromatic rings. The number of amides is 1. The van der Waals surface area contributed by atoms with E-state index in [1.54, 1.807) is 0 Å². The van der Waals surface area contributed by atoms with Crippen molar-refractivity contribution in [3.05, 3.63) is 23.8 Å². The van der Waals surface area contributed by atoms with Gasteiger partial charge in [0.2, 0.25) is 0 Å². The normalized spacial score (nSPS) is 22.3. The van der Waals surface area contributed by atoms with Crippen LogP contribution in [0.15, 0.2) is 18.2 Å². The van der Waals surface area contributed by atoms with Crippen LogP contribution in [0.4, 0.5) is 11.4 Å². The molecule has 114 valence electrons. The van der Waals surface area contributed by atoms with Crippen LogP contribution in [0.3, 0.4) is 0 Å². The molecule has 0 radical (unpaired) electrons. The Morgan fingerprint density at radius 1 is 1.24 bits per heavy atom. The molecular formula is C17H24N2O2. The van der Waals surface area contributed by atoms with E-state index in [2.05, 4.69) is 28.4 Å². The van der Waals surface area contributed by atoms with Crippen molar-refractivity contribution in [1.29, 1.82) is 0 Å². The van der Waals surface area contributed by atoms with Crippen LogP contribution in [0, 0.1) is 6.92 Å². The molecule has 0 aliphatic carbocycles. The first kappa shape index (κ1) is 14.4. The molecule has 0 spiro atoms. The average Bonchev–Trinajstić information content (AvgIpc) is 3.05. The summed E-state index contributed by atoms with van der Waals surface area (Å²) in [4.78, 5) is 14.6. The summed E-state index contributed by atoms with van der Waals surface area (Å²) in [6, 6.07) is 6.35. The van der Waals surface area contributed by atoms with Gasteiger partial charge in [0.25, 0.3) is 5.91 Å². The predicted molar refractivity (Wildman–Crippen MR) is 84.8 cm³/mol. The van der Waals surface area contributed by atoms with Crippen molar-refractivity contribution in [2.45, 2.75) is 45.1 Å². The van der Waals surface area contributed by atoms with Crippen LogP contribution in [0.2, 0.25) is 0 Å². The minimum Gasteiger partial charge on any atom is -0.371 e. The summed E-state index contributed by atoms with van der Waals surface area (Å²) in [6.07, 6.45) is 5.37. The first-order chi connectivity index (χ1) is 10.2.